The summed E-state index contributed by atoms with van der Waals surface area (Å²) in [7, 11) is 0. The Kier molecular flexibility index (Phi) is 11.2. The number of hydrogen-bond donors (Lipinski definition) is 0. The van der Waals surface area contributed by atoms with Crippen LogP contribution >= 0.6 is 0 Å². The van der Waals surface area contributed by atoms with Gasteiger partial charge in [-0.25, -0.2) is 0 Å². The molecule has 5 nitrogen and oxygen atoms in total. The Morgan fingerprint density at radius 2 is 0.778 bits per heavy atom. The molecule has 1 saturated heterocycles. The van der Waals surface area contributed by atoms with Gasteiger partial charge >= 0.3 is 0 Å². The Bertz CT molecular complexity index is 1520. The minimum atomic E-state index is -0.453. The summed E-state index contributed by atoms with van der Waals surface area (Å²) in [6.45, 7) is 2.07. The molecule has 0 spiro atoms. The summed E-state index contributed by atoms with van der Waals surface area (Å²) in [5.74, 6) is 0. The van der Waals surface area contributed by atoms with Gasteiger partial charge in [-0.3, -0.25) is 0 Å². The van der Waals surface area contributed by atoms with Crippen LogP contribution in [0.2, 0.25) is 0 Å². The average Bonchev–Trinajstić information content (AvgIpc) is 3.11. The molecule has 0 amide bonds. The Morgan fingerprint density at radius 3 is 1.24 bits per heavy atom. The third-order valence-corrected chi connectivity index (χ3v) is 8.01. The summed E-state index contributed by atoms with van der Waals surface area (Å²) in [5.41, 5.74) is 5.38. The van der Waals surface area contributed by atoms with E-state index in [-0.39, 0.29) is 0 Å². The quantitative estimate of drug-likeness (QED) is 0.129. The molecule has 1 heterocycles. The van der Waals surface area contributed by atoms with Crippen LogP contribution in [-0.4, -0.2) is 31.0 Å². The second-order valence-electron chi connectivity index (χ2n) is 11.3. The van der Waals surface area contributed by atoms with Gasteiger partial charge in [-0.1, -0.05) is 152 Å². The molecule has 0 saturated carbocycles. The molecular weight excluding hydrogens is 560 g/mol. The predicted molar refractivity (Wildman–Crippen MR) is 175 cm³/mol. The van der Waals surface area contributed by atoms with Crippen molar-refractivity contribution in [1.82, 2.24) is 0 Å². The summed E-state index contributed by atoms with van der Waals surface area (Å²) in [4.78, 5) is 0. The van der Waals surface area contributed by atoms with Gasteiger partial charge in [-0.05, 0) is 27.8 Å². The van der Waals surface area contributed by atoms with Gasteiger partial charge in [0.25, 0.3) is 0 Å². The van der Waals surface area contributed by atoms with E-state index < -0.39 is 30.5 Å². The summed E-state index contributed by atoms with van der Waals surface area (Å²) in [6, 6.07) is 51.1. The van der Waals surface area contributed by atoms with E-state index in [1.165, 1.54) is 0 Å². The lowest BCUT2D eigenvalue weighted by Gasteiger charge is -2.46. The Balaban J connectivity index is 1.32. The van der Waals surface area contributed by atoms with E-state index in [0.717, 1.165) is 27.8 Å². The maximum absolute atomic E-state index is 6.94. The molecule has 0 aliphatic carbocycles. The predicted octanol–water partition coefficient (Wildman–Crippen LogP) is 8.10. The zero-order valence-corrected chi connectivity index (χ0v) is 25.4. The Morgan fingerprint density at radius 1 is 0.400 bits per heavy atom. The van der Waals surface area contributed by atoms with Gasteiger partial charge in [-0.15, -0.1) is 0 Å². The van der Waals surface area contributed by atoms with E-state index >= 15 is 0 Å². The highest BCUT2D eigenvalue weighted by Crippen LogP contribution is 2.38. The molecule has 5 atom stereocenters. The first-order valence-corrected chi connectivity index (χ1v) is 15.6. The zero-order chi connectivity index (χ0) is 30.5. The van der Waals surface area contributed by atoms with Crippen molar-refractivity contribution in [2.75, 3.05) is 6.61 Å². The monoisotopic (exact) mass is 600 g/mol. The van der Waals surface area contributed by atoms with E-state index in [2.05, 4.69) is 60.7 Å². The lowest BCUT2D eigenvalue weighted by Crippen LogP contribution is -2.58. The molecule has 1 fully saturated rings. The molecule has 0 unspecified atom stereocenters. The molecule has 6 rings (SSSR count). The van der Waals surface area contributed by atoms with Crippen LogP contribution in [0.15, 0.2) is 152 Å². The van der Waals surface area contributed by atoms with E-state index in [4.69, 9.17) is 23.7 Å². The molecule has 5 aromatic carbocycles. The van der Waals surface area contributed by atoms with Gasteiger partial charge in [-0.2, -0.15) is 0 Å². The fourth-order valence-corrected chi connectivity index (χ4v) is 5.70. The van der Waals surface area contributed by atoms with Gasteiger partial charge in [0.2, 0.25) is 0 Å². The molecule has 0 aromatic heterocycles. The van der Waals surface area contributed by atoms with E-state index in [1.807, 2.05) is 91.0 Å². The highest BCUT2D eigenvalue weighted by atomic mass is 16.6. The zero-order valence-electron chi connectivity index (χ0n) is 25.4. The first-order valence-electron chi connectivity index (χ1n) is 15.6. The summed E-state index contributed by atoms with van der Waals surface area (Å²) in [6.07, 6.45) is -2.13. The van der Waals surface area contributed by atoms with Crippen molar-refractivity contribution in [2.45, 2.75) is 56.9 Å². The van der Waals surface area contributed by atoms with Crippen LogP contribution in [0.1, 0.15) is 33.9 Å². The van der Waals surface area contributed by atoms with Gasteiger partial charge < -0.3 is 23.7 Å². The maximum Gasteiger partial charge on any atom is 0.117 e. The third kappa shape index (κ3) is 8.76. The number of benzene rings is 5. The topological polar surface area (TPSA) is 46.2 Å². The van der Waals surface area contributed by atoms with Crippen LogP contribution in [0, 0.1) is 0 Å². The number of ether oxygens (including phenoxy) is 5. The Labute approximate surface area is 266 Å². The molecule has 5 aromatic rings. The van der Waals surface area contributed by atoms with Crippen molar-refractivity contribution in [1.29, 1.82) is 0 Å². The summed E-state index contributed by atoms with van der Waals surface area (Å²) >= 11 is 0. The van der Waals surface area contributed by atoms with Gasteiger partial charge in [0, 0.05) is 0 Å². The fourth-order valence-electron chi connectivity index (χ4n) is 5.70. The fraction of sp³-hybridized carbons (Fsp3) is 0.250. The minimum absolute atomic E-state index is 0.342. The molecule has 1 aliphatic heterocycles. The maximum atomic E-state index is 6.94. The SMILES string of the molecule is c1ccc(COC[C@H]2O[C@@H](c3ccccc3)[C@@H](OCc3ccccc3)[C@@H](OCc3ccccc3)[C@@H]2OCc2ccccc2)cc1. The van der Waals surface area contributed by atoms with Gasteiger partial charge in [0.1, 0.15) is 30.5 Å². The van der Waals surface area contributed by atoms with Crippen LogP contribution in [0.4, 0.5) is 0 Å². The molecule has 5 heteroatoms. The first-order chi connectivity index (χ1) is 22.3. The molecule has 0 bridgehead atoms. The largest absolute Gasteiger partial charge is 0.374 e. The van der Waals surface area contributed by atoms with Crippen molar-refractivity contribution in [2.24, 2.45) is 0 Å². The van der Waals surface area contributed by atoms with E-state index in [1.54, 1.807) is 0 Å². The molecule has 45 heavy (non-hydrogen) atoms. The number of hydrogen-bond acceptors (Lipinski definition) is 5. The van der Waals surface area contributed by atoms with Crippen LogP contribution in [0.25, 0.3) is 0 Å². The van der Waals surface area contributed by atoms with Crippen molar-refractivity contribution < 1.29 is 23.7 Å². The second kappa shape index (κ2) is 16.3. The summed E-state index contributed by atoms with van der Waals surface area (Å²) < 4.78 is 33.6. The van der Waals surface area contributed by atoms with Crippen molar-refractivity contribution in [3.05, 3.63) is 179 Å². The molecule has 1 aliphatic rings. The van der Waals surface area contributed by atoms with Crippen LogP contribution in [-0.2, 0) is 50.1 Å². The Hall–Kier alpha value is -4.10. The molecule has 0 radical (unpaired) electrons. The highest BCUT2D eigenvalue weighted by Gasteiger charge is 2.49. The van der Waals surface area contributed by atoms with Crippen molar-refractivity contribution in [3.63, 3.8) is 0 Å². The average molecular weight is 601 g/mol. The van der Waals surface area contributed by atoms with Gasteiger partial charge in [0.05, 0.1) is 33.0 Å². The standard InChI is InChI=1S/C40H40O5/c1-6-16-31(17-7-1)26-41-30-36-38(42-27-32-18-8-2-9-19-32)40(44-29-34-22-12-4-13-23-34)39(43-28-33-20-10-3-11-21-33)37(45-36)35-24-14-5-15-25-35/h1-25,36-40H,26-30H2/t36-,37+,38-,39-,40+/m1/s1. The van der Waals surface area contributed by atoms with E-state index in [0.29, 0.717) is 33.0 Å². The molecule has 0 N–H and O–H groups in total. The van der Waals surface area contributed by atoms with Crippen LogP contribution in [0.3, 0.4) is 0 Å². The van der Waals surface area contributed by atoms with Crippen molar-refractivity contribution >= 4 is 0 Å². The number of rotatable bonds is 14. The van der Waals surface area contributed by atoms with Crippen LogP contribution < -0.4 is 0 Å². The molecular formula is C40H40O5. The third-order valence-electron chi connectivity index (χ3n) is 8.01. The first kappa shape index (κ1) is 30.9. The van der Waals surface area contributed by atoms with Crippen LogP contribution in [0.5, 0.6) is 0 Å². The van der Waals surface area contributed by atoms with Gasteiger partial charge in [0.15, 0.2) is 0 Å². The normalized spacial score (nSPS) is 21.4. The second-order valence-corrected chi connectivity index (χ2v) is 11.3. The molecule has 230 valence electrons. The minimum Gasteiger partial charge on any atom is -0.374 e. The van der Waals surface area contributed by atoms with Crippen molar-refractivity contribution in [3.8, 4) is 0 Å². The highest BCUT2D eigenvalue weighted by molar-refractivity contribution is 5.22. The lowest BCUT2D eigenvalue weighted by molar-refractivity contribution is -0.275. The smallest absolute Gasteiger partial charge is 0.117 e. The van der Waals surface area contributed by atoms with E-state index in [9.17, 15) is 0 Å². The summed E-state index contributed by atoms with van der Waals surface area (Å²) in [5, 5.41) is 0. The lowest BCUT2D eigenvalue weighted by atomic mass is 9.90.